The lowest BCUT2D eigenvalue weighted by Crippen LogP contribution is -2.41. The third-order valence-corrected chi connectivity index (χ3v) is 5.43. The highest BCUT2D eigenvalue weighted by atomic mass is 32.2. The predicted molar refractivity (Wildman–Crippen MR) is 125 cm³/mol. The first-order chi connectivity index (χ1) is 15.7. The zero-order valence-corrected chi connectivity index (χ0v) is 20.2. The Labute approximate surface area is 196 Å². The van der Waals surface area contributed by atoms with Crippen molar-refractivity contribution in [3.8, 4) is 34.3 Å². The molecule has 176 valence electrons. The van der Waals surface area contributed by atoms with Gasteiger partial charge in [-0.1, -0.05) is 23.9 Å². The normalized spacial score (nSPS) is 11.2. The second-order valence-corrected chi connectivity index (χ2v) is 9.04. The Bertz CT molecular complexity index is 1120. The van der Waals surface area contributed by atoms with Crippen molar-refractivity contribution in [3.63, 3.8) is 0 Å². The van der Waals surface area contributed by atoms with Crippen LogP contribution in [-0.2, 0) is 4.79 Å². The first kappa shape index (κ1) is 24.4. The van der Waals surface area contributed by atoms with Crippen molar-refractivity contribution in [2.24, 2.45) is 0 Å². The van der Waals surface area contributed by atoms with Crippen LogP contribution in [0, 0.1) is 5.82 Å². The van der Waals surface area contributed by atoms with E-state index in [9.17, 15) is 9.18 Å². The highest BCUT2D eigenvalue weighted by Crippen LogP contribution is 2.41. The smallest absolute Gasteiger partial charge is 0.230 e. The van der Waals surface area contributed by atoms with E-state index in [-0.39, 0.29) is 22.9 Å². The lowest BCUT2D eigenvalue weighted by molar-refractivity contribution is -0.119. The highest BCUT2D eigenvalue weighted by molar-refractivity contribution is 7.99. The van der Waals surface area contributed by atoms with Gasteiger partial charge in [-0.25, -0.2) is 4.39 Å². The summed E-state index contributed by atoms with van der Waals surface area (Å²) in [5.41, 5.74) is 0.467. The van der Waals surface area contributed by atoms with Crippen molar-refractivity contribution in [2.75, 3.05) is 27.1 Å². The van der Waals surface area contributed by atoms with Gasteiger partial charge in [-0.05, 0) is 45.0 Å². The second kappa shape index (κ2) is 10.1. The number of benzene rings is 2. The molecule has 0 bridgehead atoms. The molecule has 0 radical (unpaired) electrons. The van der Waals surface area contributed by atoms with Crippen LogP contribution in [0.1, 0.15) is 20.8 Å². The van der Waals surface area contributed by atoms with Gasteiger partial charge in [0, 0.05) is 11.1 Å². The summed E-state index contributed by atoms with van der Waals surface area (Å²) in [5, 5.41) is 11.8. The molecule has 33 heavy (non-hydrogen) atoms. The molecule has 0 unspecified atom stereocenters. The van der Waals surface area contributed by atoms with Crippen LogP contribution in [0.25, 0.3) is 17.1 Å². The molecule has 1 aromatic heterocycles. The molecule has 0 atom stereocenters. The number of nitrogens with one attached hydrogen (secondary N) is 1. The highest BCUT2D eigenvalue weighted by Gasteiger charge is 2.23. The molecule has 2 aromatic carbocycles. The molecule has 0 saturated heterocycles. The van der Waals surface area contributed by atoms with Crippen molar-refractivity contribution in [1.29, 1.82) is 0 Å². The number of methoxy groups -OCH3 is 3. The van der Waals surface area contributed by atoms with Gasteiger partial charge in [0.15, 0.2) is 22.5 Å². The number of amides is 1. The van der Waals surface area contributed by atoms with E-state index in [2.05, 4.69) is 15.5 Å². The van der Waals surface area contributed by atoms with Crippen molar-refractivity contribution in [1.82, 2.24) is 20.1 Å². The molecule has 10 heteroatoms. The molecule has 1 N–H and O–H groups in total. The lowest BCUT2D eigenvalue weighted by atomic mass is 10.1. The van der Waals surface area contributed by atoms with Gasteiger partial charge in [-0.15, -0.1) is 10.2 Å². The summed E-state index contributed by atoms with van der Waals surface area (Å²) in [4.78, 5) is 12.4. The molecule has 3 aromatic rings. The average molecular weight is 475 g/mol. The minimum Gasteiger partial charge on any atom is -0.493 e. The van der Waals surface area contributed by atoms with E-state index >= 15 is 0 Å². The number of para-hydroxylation sites is 1. The van der Waals surface area contributed by atoms with Crippen LogP contribution < -0.4 is 19.5 Å². The predicted octanol–water partition coefficient (Wildman–Crippen LogP) is 4.11. The van der Waals surface area contributed by atoms with Crippen LogP contribution in [0.3, 0.4) is 0 Å². The summed E-state index contributed by atoms with van der Waals surface area (Å²) in [6.45, 7) is 5.71. The minimum atomic E-state index is -0.452. The van der Waals surface area contributed by atoms with Gasteiger partial charge < -0.3 is 19.5 Å². The SMILES string of the molecule is COc1cc(-c2nnc(SCC(=O)NC(C)(C)C)n2-c2ccccc2F)cc(OC)c1OC. The Kier molecular flexibility index (Phi) is 7.47. The largest absolute Gasteiger partial charge is 0.493 e. The molecule has 0 fully saturated rings. The quantitative estimate of drug-likeness (QED) is 0.492. The van der Waals surface area contributed by atoms with E-state index in [1.165, 1.54) is 39.2 Å². The van der Waals surface area contributed by atoms with Gasteiger partial charge in [0.1, 0.15) is 5.82 Å². The number of hydrogen-bond acceptors (Lipinski definition) is 7. The van der Waals surface area contributed by atoms with Crippen LogP contribution in [0.4, 0.5) is 4.39 Å². The van der Waals surface area contributed by atoms with Gasteiger partial charge >= 0.3 is 0 Å². The van der Waals surface area contributed by atoms with Gasteiger partial charge in [0.05, 0.1) is 32.8 Å². The molecule has 1 amide bonds. The Balaban J connectivity index is 2.10. The monoisotopic (exact) mass is 474 g/mol. The Morgan fingerprint density at radius 3 is 2.24 bits per heavy atom. The maximum atomic E-state index is 14.8. The molecule has 0 saturated carbocycles. The molecule has 0 aliphatic rings. The third kappa shape index (κ3) is 5.57. The second-order valence-electron chi connectivity index (χ2n) is 8.09. The molecule has 0 spiro atoms. The van der Waals surface area contributed by atoms with Crippen molar-refractivity contribution in [3.05, 3.63) is 42.2 Å². The summed E-state index contributed by atoms with van der Waals surface area (Å²) in [6, 6.07) is 9.73. The topological polar surface area (TPSA) is 87.5 Å². The van der Waals surface area contributed by atoms with Crippen LogP contribution in [0.15, 0.2) is 41.6 Å². The fraction of sp³-hybridized carbons (Fsp3) is 0.348. The number of hydrogen-bond donors (Lipinski definition) is 1. The summed E-state index contributed by atoms with van der Waals surface area (Å²) in [5.74, 6) is 1.12. The zero-order valence-electron chi connectivity index (χ0n) is 19.4. The Morgan fingerprint density at radius 2 is 1.70 bits per heavy atom. The molecular formula is C23H27FN4O4S. The number of halogens is 1. The van der Waals surface area contributed by atoms with E-state index in [0.717, 1.165) is 0 Å². The Morgan fingerprint density at radius 1 is 1.06 bits per heavy atom. The minimum absolute atomic E-state index is 0.0963. The van der Waals surface area contributed by atoms with Gasteiger partial charge in [-0.3, -0.25) is 9.36 Å². The van der Waals surface area contributed by atoms with Gasteiger partial charge in [0.2, 0.25) is 11.7 Å². The van der Waals surface area contributed by atoms with E-state index < -0.39 is 5.82 Å². The van der Waals surface area contributed by atoms with E-state index in [1.807, 2.05) is 20.8 Å². The number of nitrogens with zero attached hydrogens (tertiary/aromatic N) is 3. The first-order valence-corrected chi connectivity index (χ1v) is 11.1. The number of aromatic nitrogens is 3. The van der Waals surface area contributed by atoms with Gasteiger partial charge in [0.25, 0.3) is 0 Å². The van der Waals surface area contributed by atoms with Crippen LogP contribution in [-0.4, -0.2) is 53.3 Å². The maximum Gasteiger partial charge on any atom is 0.230 e. The molecular weight excluding hydrogens is 447 g/mol. The van der Waals surface area contributed by atoms with E-state index in [0.29, 0.717) is 33.8 Å². The summed E-state index contributed by atoms with van der Waals surface area (Å²) >= 11 is 1.17. The fourth-order valence-electron chi connectivity index (χ4n) is 3.20. The molecule has 0 aliphatic heterocycles. The average Bonchev–Trinajstić information content (AvgIpc) is 3.19. The Hall–Kier alpha value is -3.27. The summed E-state index contributed by atoms with van der Waals surface area (Å²) in [6.07, 6.45) is 0. The number of carbonyl (C=O) groups excluding carboxylic acids is 1. The first-order valence-electron chi connectivity index (χ1n) is 10.1. The van der Waals surface area contributed by atoms with Crippen LogP contribution >= 0.6 is 11.8 Å². The molecule has 3 rings (SSSR count). The number of rotatable bonds is 8. The van der Waals surface area contributed by atoms with Crippen LogP contribution in [0.2, 0.25) is 0 Å². The van der Waals surface area contributed by atoms with Crippen molar-refractivity contribution in [2.45, 2.75) is 31.5 Å². The standard InChI is InChI=1S/C23H27FN4O4S/c1-23(2,3)25-19(29)13-33-22-27-26-21(28(22)16-10-8-7-9-15(16)24)14-11-17(30-4)20(32-6)18(12-14)31-5/h7-12H,13H2,1-6H3,(H,25,29). The molecule has 8 nitrogen and oxygen atoms in total. The molecule has 0 aliphatic carbocycles. The van der Waals surface area contributed by atoms with Crippen molar-refractivity contribution < 1.29 is 23.4 Å². The van der Waals surface area contributed by atoms with Crippen LogP contribution in [0.5, 0.6) is 17.2 Å². The number of ether oxygens (including phenoxy) is 3. The lowest BCUT2D eigenvalue weighted by Gasteiger charge is -2.20. The van der Waals surface area contributed by atoms with E-state index in [1.54, 1.807) is 34.9 Å². The third-order valence-electron chi connectivity index (χ3n) is 4.50. The number of carbonyl (C=O) groups is 1. The molecule has 1 heterocycles. The van der Waals surface area contributed by atoms with Crippen molar-refractivity contribution >= 4 is 17.7 Å². The number of thioether (sulfide) groups is 1. The summed E-state index contributed by atoms with van der Waals surface area (Å²) in [7, 11) is 4.54. The summed E-state index contributed by atoms with van der Waals surface area (Å²) < 4.78 is 32.7. The maximum absolute atomic E-state index is 14.8. The van der Waals surface area contributed by atoms with Gasteiger partial charge in [-0.2, -0.15) is 0 Å². The van der Waals surface area contributed by atoms with E-state index in [4.69, 9.17) is 14.2 Å². The zero-order chi connectivity index (χ0) is 24.2. The fourth-order valence-corrected chi connectivity index (χ4v) is 3.94.